The van der Waals surface area contributed by atoms with Crippen LogP contribution in [0, 0.1) is 13.8 Å². The van der Waals surface area contributed by atoms with E-state index in [9.17, 15) is 19.2 Å². The predicted octanol–water partition coefficient (Wildman–Crippen LogP) is 2.02. The molecule has 0 bridgehead atoms. The lowest BCUT2D eigenvalue weighted by Crippen LogP contribution is -2.33. The van der Waals surface area contributed by atoms with Crippen molar-refractivity contribution in [2.45, 2.75) is 20.3 Å². The molecule has 4 rings (SSSR count). The summed E-state index contributed by atoms with van der Waals surface area (Å²) in [5, 5.41) is 12.3. The van der Waals surface area contributed by atoms with Crippen LogP contribution in [0.3, 0.4) is 0 Å². The lowest BCUT2D eigenvalue weighted by Gasteiger charge is -2.12. The quantitative estimate of drug-likeness (QED) is 0.460. The summed E-state index contributed by atoms with van der Waals surface area (Å²) in [7, 11) is 0. The summed E-state index contributed by atoms with van der Waals surface area (Å²) in [6.45, 7) is 3.80. The minimum absolute atomic E-state index is 0.0110. The van der Waals surface area contributed by atoms with Crippen LogP contribution in [-0.2, 0) is 9.59 Å². The van der Waals surface area contributed by atoms with Crippen molar-refractivity contribution in [3.05, 3.63) is 65.6 Å². The van der Waals surface area contributed by atoms with Gasteiger partial charge in [-0.15, -0.1) is 0 Å². The molecule has 3 N–H and O–H groups in total. The number of pyridine rings is 1. The number of carbonyl (C=O) groups is 4. The SMILES string of the molecule is Cc1cc(C)n(-c2ccc(C(=O)Nc3ccc(NC(=O)CCN4C(=O)CNC4=O)cc3)cn2)n1. The van der Waals surface area contributed by atoms with Crippen LogP contribution in [0.15, 0.2) is 48.7 Å². The van der Waals surface area contributed by atoms with Crippen LogP contribution >= 0.6 is 0 Å². The molecule has 11 nitrogen and oxygen atoms in total. The van der Waals surface area contributed by atoms with Crippen LogP contribution in [-0.4, -0.2) is 56.5 Å². The minimum Gasteiger partial charge on any atom is -0.329 e. The second-order valence-corrected chi connectivity index (χ2v) is 7.78. The van der Waals surface area contributed by atoms with Gasteiger partial charge >= 0.3 is 6.03 Å². The first-order valence-corrected chi connectivity index (χ1v) is 10.6. The van der Waals surface area contributed by atoms with E-state index in [1.54, 1.807) is 41.1 Å². The average Bonchev–Trinajstić information content (AvgIpc) is 3.33. The molecule has 34 heavy (non-hydrogen) atoms. The summed E-state index contributed by atoms with van der Waals surface area (Å²) >= 11 is 0. The average molecular weight is 461 g/mol. The molecule has 1 saturated heterocycles. The fraction of sp³-hybridized carbons (Fsp3) is 0.217. The van der Waals surface area contributed by atoms with Crippen molar-refractivity contribution in [3.8, 4) is 5.82 Å². The van der Waals surface area contributed by atoms with Gasteiger partial charge in [0.1, 0.15) is 0 Å². The highest BCUT2D eigenvalue weighted by molar-refractivity contribution is 6.04. The molecule has 1 aromatic carbocycles. The molecule has 174 valence electrons. The Morgan fingerprint density at radius 3 is 2.29 bits per heavy atom. The van der Waals surface area contributed by atoms with E-state index in [1.165, 1.54) is 6.20 Å². The number of nitrogens with one attached hydrogen (secondary N) is 3. The lowest BCUT2D eigenvalue weighted by molar-refractivity contribution is -0.125. The molecule has 3 aromatic rings. The molecular weight excluding hydrogens is 438 g/mol. The molecule has 0 unspecified atom stereocenters. The second-order valence-electron chi connectivity index (χ2n) is 7.78. The van der Waals surface area contributed by atoms with Gasteiger partial charge in [0.2, 0.25) is 11.8 Å². The normalized spacial score (nSPS) is 13.1. The molecule has 5 amide bonds. The van der Waals surface area contributed by atoms with Crippen LogP contribution in [0.2, 0.25) is 0 Å². The van der Waals surface area contributed by atoms with E-state index in [0.717, 1.165) is 16.3 Å². The number of aromatic nitrogens is 3. The van der Waals surface area contributed by atoms with Crippen molar-refractivity contribution in [1.29, 1.82) is 0 Å². The number of aryl methyl sites for hydroxylation is 2. The number of hydrogen-bond acceptors (Lipinski definition) is 6. The highest BCUT2D eigenvalue weighted by Gasteiger charge is 2.28. The third-order valence-corrected chi connectivity index (χ3v) is 5.16. The molecule has 1 aliphatic rings. The molecule has 0 spiro atoms. The number of urea groups is 1. The molecule has 3 heterocycles. The van der Waals surface area contributed by atoms with E-state index >= 15 is 0 Å². The molecule has 0 atom stereocenters. The molecule has 0 saturated carbocycles. The second kappa shape index (κ2) is 9.53. The maximum atomic E-state index is 12.6. The van der Waals surface area contributed by atoms with Gasteiger partial charge in [-0.25, -0.2) is 14.5 Å². The number of benzene rings is 1. The number of amides is 5. The molecule has 0 radical (unpaired) electrons. The first kappa shape index (κ1) is 22.6. The summed E-state index contributed by atoms with van der Waals surface area (Å²) < 4.78 is 1.71. The fourth-order valence-electron chi connectivity index (χ4n) is 3.47. The third kappa shape index (κ3) is 5.09. The van der Waals surface area contributed by atoms with Gasteiger partial charge in [-0.1, -0.05) is 0 Å². The van der Waals surface area contributed by atoms with Crippen molar-refractivity contribution in [3.63, 3.8) is 0 Å². The van der Waals surface area contributed by atoms with Crippen molar-refractivity contribution in [2.75, 3.05) is 23.7 Å². The zero-order chi connectivity index (χ0) is 24.2. The predicted molar refractivity (Wildman–Crippen MR) is 124 cm³/mol. The van der Waals surface area contributed by atoms with Crippen LogP contribution in [0.4, 0.5) is 16.2 Å². The van der Waals surface area contributed by atoms with Gasteiger partial charge in [0, 0.05) is 36.2 Å². The highest BCUT2D eigenvalue weighted by atomic mass is 16.2. The Labute approximate surface area is 195 Å². The number of hydrogen-bond donors (Lipinski definition) is 3. The van der Waals surface area contributed by atoms with Crippen molar-refractivity contribution >= 4 is 35.1 Å². The number of imide groups is 1. The lowest BCUT2D eigenvalue weighted by atomic mass is 10.2. The van der Waals surface area contributed by atoms with Crippen LogP contribution < -0.4 is 16.0 Å². The van der Waals surface area contributed by atoms with Crippen molar-refractivity contribution in [1.82, 2.24) is 25.0 Å². The first-order chi connectivity index (χ1) is 16.3. The largest absolute Gasteiger partial charge is 0.329 e. The summed E-state index contributed by atoms with van der Waals surface area (Å²) in [5.41, 5.74) is 3.29. The van der Waals surface area contributed by atoms with E-state index in [1.807, 2.05) is 19.9 Å². The first-order valence-electron chi connectivity index (χ1n) is 10.6. The standard InChI is InChI=1S/C23H23N7O4/c1-14-11-15(2)30(28-14)19-8-3-16(12-24-19)22(33)27-18-6-4-17(5-7-18)26-20(31)9-10-29-21(32)13-25-23(29)34/h3-8,11-12H,9-10,13H2,1-2H3,(H,25,34)(H,26,31)(H,27,33). The van der Waals surface area contributed by atoms with Gasteiger partial charge in [-0.2, -0.15) is 5.10 Å². The summed E-state index contributed by atoms with van der Waals surface area (Å²) in [4.78, 5) is 53.1. The minimum atomic E-state index is -0.491. The Balaban J connectivity index is 1.30. The van der Waals surface area contributed by atoms with Crippen LogP contribution in [0.25, 0.3) is 5.82 Å². The van der Waals surface area contributed by atoms with Crippen LogP contribution in [0.1, 0.15) is 28.2 Å². The maximum absolute atomic E-state index is 12.6. The summed E-state index contributed by atoms with van der Waals surface area (Å²) in [6.07, 6.45) is 1.47. The summed E-state index contributed by atoms with van der Waals surface area (Å²) in [6, 6.07) is 11.5. The number of rotatable bonds is 7. The summed E-state index contributed by atoms with van der Waals surface area (Å²) in [5.74, 6) is -0.387. The Kier molecular flexibility index (Phi) is 6.35. The Bertz CT molecular complexity index is 1230. The maximum Gasteiger partial charge on any atom is 0.324 e. The van der Waals surface area contributed by atoms with Gasteiger partial charge < -0.3 is 16.0 Å². The number of carbonyl (C=O) groups excluding carboxylic acids is 4. The zero-order valence-corrected chi connectivity index (χ0v) is 18.7. The monoisotopic (exact) mass is 461 g/mol. The van der Waals surface area contributed by atoms with Gasteiger partial charge in [0.15, 0.2) is 5.82 Å². The van der Waals surface area contributed by atoms with E-state index in [4.69, 9.17) is 0 Å². The molecule has 1 fully saturated rings. The molecule has 1 aliphatic heterocycles. The highest BCUT2D eigenvalue weighted by Crippen LogP contribution is 2.16. The topological polar surface area (TPSA) is 138 Å². The van der Waals surface area contributed by atoms with Gasteiger partial charge in [0.05, 0.1) is 17.8 Å². The fourth-order valence-corrected chi connectivity index (χ4v) is 3.47. The molecular formula is C23H23N7O4. The van der Waals surface area contributed by atoms with E-state index in [2.05, 4.69) is 26.0 Å². The molecule has 2 aromatic heterocycles. The van der Waals surface area contributed by atoms with Crippen molar-refractivity contribution < 1.29 is 19.2 Å². The molecule has 11 heteroatoms. The van der Waals surface area contributed by atoms with Crippen LogP contribution in [0.5, 0.6) is 0 Å². The Hall–Kier alpha value is -4.54. The van der Waals surface area contributed by atoms with Gasteiger partial charge in [-0.3, -0.25) is 19.3 Å². The number of anilines is 2. The van der Waals surface area contributed by atoms with E-state index < -0.39 is 6.03 Å². The van der Waals surface area contributed by atoms with Gasteiger partial charge in [-0.05, 0) is 56.3 Å². The third-order valence-electron chi connectivity index (χ3n) is 5.16. The van der Waals surface area contributed by atoms with Gasteiger partial charge in [0.25, 0.3) is 5.91 Å². The molecule has 0 aliphatic carbocycles. The van der Waals surface area contributed by atoms with Crippen molar-refractivity contribution in [2.24, 2.45) is 0 Å². The smallest absolute Gasteiger partial charge is 0.324 e. The number of nitrogens with zero attached hydrogens (tertiary/aromatic N) is 4. The Morgan fingerprint density at radius 2 is 1.74 bits per heavy atom. The van der Waals surface area contributed by atoms with E-state index in [-0.39, 0.29) is 37.2 Å². The Morgan fingerprint density at radius 1 is 1.03 bits per heavy atom. The zero-order valence-electron chi connectivity index (χ0n) is 18.7. The van der Waals surface area contributed by atoms with E-state index in [0.29, 0.717) is 22.8 Å².